The molecule has 0 spiro atoms. The molecule has 0 heterocycles. The molecule has 10 heteroatoms. The smallest absolute Gasteiger partial charge is 0.257 e. The van der Waals surface area contributed by atoms with Crippen LogP contribution in [0.15, 0.2) is 51.8 Å². The van der Waals surface area contributed by atoms with Crippen molar-refractivity contribution in [3.63, 3.8) is 0 Å². The van der Waals surface area contributed by atoms with Crippen molar-refractivity contribution in [2.24, 2.45) is 5.92 Å². The molecule has 0 radical (unpaired) electrons. The number of nitrogens with zero attached hydrogens (tertiary/aromatic N) is 1. The van der Waals surface area contributed by atoms with E-state index >= 15 is 0 Å². The number of ether oxygens (including phenoxy) is 1. The van der Waals surface area contributed by atoms with Gasteiger partial charge in [-0.3, -0.25) is 10.1 Å². The molecule has 0 atom stereocenters. The van der Waals surface area contributed by atoms with Crippen molar-refractivity contribution >= 4 is 54.9 Å². The number of carbonyl (C=O) groups excluding carboxylic acids is 1. The van der Waals surface area contributed by atoms with Crippen molar-refractivity contribution in [2.45, 2.75) is 45.4 Å². The van der Waals surface area contributed by atoms with Crippen LogP contribution in [0, 0.1) is 5.92 Å². The molecule has 0 unspecified atom stereocenters. The molecular formula is C24H32BrN3O4S2. The summed E-state index contributed by atoms with van der Waals surface area (Å²) in [6.45, 7) is 9.56. The summed E-state index contributed by atoms with van der Waals surface area (Å²) in [6, 6.07) is 11.4. The second kappa shape index (κ2) is 13.2. The first-order valence-electron chi connectivity index (χ1n) is 11.2. The number of sulfonamides is 1. The summed E-state index contributed by atoms with van der Waals surface area (Å²) < 4.78 is 33.6. The van der Waals surface area contributed by atoms with Gasteiger partial charge < -0.3 is 10.1 Å². The van der Waals surface area contributed by atoms with Gasteiger partial charge in [-0.05, 0) is 89.4 Å². The lowest BCUT2D eigenvalue weighted by molar-refractivity contribution is 0.0977. The monoisotopic (exact) mass is 569 g/mol. The second-order valence-electron chi connectivity index (χ2n) is 8.19. The average molecular weight is 571 g/mol. The van der Waals surface area contributed by atoms with Gasteiger partial charge in [0.1, 0.15) is 5.75 Å². The van der Waals surface area contributed by atoms with Crippen LogP contribution in [0.25, 0.3) is 0 Å². The summed E-state index contributed by atoms with van der Waals surface area (Å²) >= 11 is 8.68. The number of thiocarbonyl (C=S) groups is 1. The third kappa shape index (κ3) is 8.04. The number of halogens is 1. The van der Waals surface area contributed by atoms with Gasteiger partial charge in [0.15, 0.2) is 5.11 Å². The molecule has 0 saturated heterocycles. The number of rotatable bonds is 11. The van der Waals surface area contributed by atoms with Crippen molar-refractivity contribution in [1.82, 2.24) is 9.62 Å². The van der Waals surface area contributed by atoms with E-state index in [-0.39, 0.29) is 15.9 Å². The molecule has 186 valence electrons. The van der Waals surface area contributed by atoms with Crippen LogP contribution in [0.4, 0.5) is 5.69 Å². The van der Waals surface area contributed by atoms with Crippen molar-refractivity contribution in [3.05, 3.63) is 52.5 Å². The molecule has 34 heavy (non-hydrogen) atoms. The molecule has 0 aromatic heterocycles. The fourth-order valence-corrected chi connectivity index (χ4v) is 5.39. The van der Waals surface area contributed by atoms with E-state index in [1.807, 2.05) is 13.8 Å². The molecule has 0 fully saturated rings. The second-order valence-corrected chi connectivity index (χ2v) is 11.4. The lowest BCUT2D eigenvalue weighted by Gasteiger charge is -2.21. The molecule has 1 amide bonds. The predicted octanol–water partition coefficient (Wildman–Crippen LogP) is 5.42. The van der Waals surface area contributed by atoms with Gasteiger partial charge in [-0.2, -0.15) is 4.31 Å². The first-order chi connectivity index (χ1) is 16.1. The Balaban J connectivity index is 2.01. The summed E-state index contributed by atoms with van der Waals surface area (Å²) in [4.78, 5) is 12.8. The quantitative estimate of drug-likeness (QED) is 0.351. The molecule has 2 N–H and O–H groups in total. The summed E-state index contributed by atoms with van der Waals surface area (Å²) in [6.07, 6.45) is 1.49. The Morgan fingerprint density at radius 3 is 2.24 bits per heavy atom. The fraction of sp³-hybridized carbons (Fsp3) is 0.417. The van der Waals surface area contributed by atoms with Gasteiger partial charge in [0.2, 0.25) is 10.0 Å². The molecule has 2 rings (SSSR count). The number of anilines is 1. The summed E-state index contributed by atoms with van der Waals surface area (Å²) in [5, 5.41) is 5.65. The maximum atomic E-state index is 12.9. The normalized spacial score (nSPS) is 11.5. The van der Waals surface area contributed by atoms with Crippen LogP contribution in [0.2, 0.25) is 0 Å². The van der Waals surface area contributed by atoms with Crippen molar-refractivity contribution < 1.29 is 17.9 Å². The Morgan fingerprint density at radius 2 is 1.71 bits per heavy atom. The first-order valence-corrected chi connectivity index (χ1v) is 13.9. The zero-order chi connectivity index (χ0) is 25.3. The number of hydrogen-bond donors (Lipinski definition) is 2. The van der Waals surface area contributed by atoms with Gasteiger partial charge in [0, 0.05) is 24.3 Å². The zero-order valence-electron chi connectivity index (χ0n) is 19.9. The largest absolute Gasteiger partial charge is 0.492 e. The zero-order valence-corrected chi connectivity index (χ0v) is 23.1. The van der Waals surface area contributed by atoms with E-state index in [0.717, 1.165) is 12.8 Å². The fourth-order valence-electron chi connectivity index (χ4n) is 3.06. The Labute approximate surface area is 216 Å². The van der Waals surface area contributed by atoms with E-state index in [1.165, 1.54) is 16.4 Å². The van der Waals surface area contributed by atoms with Crippen LogP contribution in [0.1, 0.15) is 50.9 Å². The molecule has 2 aromatic carbocycles. The molecule has 0 aliphatic carbocycles. The number of nitrogens with one attached hydrogen (secondary N) is 2. The van der Waals surface area contributed by atoms with Crippen LogP contribution in [0.3, 0.4) is 0 Å². The highest BCUT2D eigenvalue weighted by atomic mass is 79.9. The van der Waals surface area contributed by atoms with Crippen LogP contribution >= 0.6 is 28.1 Å². The minimum atomic E-state index is -3.55. The molecule has 0 aliphatic rings. The number of carbonyl (C=O) groups is 1. The molecule has 0 aliphatic heterocycles. The van der Waals surface area contributed by atoms with E-state index in [2.05, 4.69) is 40.4 Å². The Hall–Kier alpha value is -2.01. The van der Waals surface area contributed by atoms with E-state index in [4.69, 9.17) is 17.0 Å². The minimum absolute atomic E-state index is 0.107. The third-order valence-corrected chi connectivity index (χ3v) is 7.43. The number of amides is 1. The van der Waals surface area contributed by atoms with Gasteiger partial charge in [-0.25, -0.2) is 8.42 Å². The predicted molar refractivity (Wildman–Crippen MR) is 144 cm³/mol. The van der Waals surface area contributed by atoms with Gasteiger partial charge in [0.25, 0.3) is 5.91 Å². The topological polar surface area (TPSA) is 87.7 Å². The molecule has 2 aromatic rings. The Morgan fingerprint density at radius 1 is 1.09 bits per heavy atom. The summed E-state index contributed by atoms with van der Waals surface area (Å²) in [7, 11) is -3.55. The highest BCUT2D eigenvalue weighted by molar-refractivity contribution is 9.10. The van der Waals surface area contributed by atoms with Gasteiger partial charge in [0.05, 0.1) is 16.0 Å². The highest BCUT2D eigenvalue weighted by Crippen LogP contribution is 2.26. The van der Waals surface area contributed by atoms with Gasteiger partial charge in [-0.15, -0.1) is 0 Å². The average Bonchev–Trinajstić information content (AvgIpc) is 2.78. The van der Waals surface area contributed by atoms with Crippen LogP contribution in [-0.2, 0) is 10.0 Å². The lowest BCUT2D eigenvalue weighted by Crippen LogP contribution is -2.34. The van der Waals surface area contributed by atoms with Gasteiger partial charge in [-0.1, -0.05) is 27.7 Å². The van der Waals surface area contributed by atoms with E-state index in [0.29, 0.717) is 47.1 Å². The Kier molecular flexibility index (Phi) is 10.9. The summed E-state index contributed by atoms with van der Waals surface area (Å²) in [5.74, 6) is 0.680. The van der Waals surface area contributed by atoms with E-state index < -0.39 is 10.0 Å². The molecule has 0 saturated carbocycles. The van der Waals surface area contributed by atoms with Crippen LogP contribution in [-0.4, -0.2) is 43.4 Å². The highest BCUT2D eigenvalue weighted by Gasteiger charge is 2.23. The number of hydrogen-bond acceptors (Lipinski definition) is 5. The maximum Gasteiger partial charge on any atom is 0.257 e. The third-order valence-electron chi connectivity index (χ3n) is 4.69. The van der Waals surface area contributed by atoms with Crippen LogP contribution < -0.4 is 15.4 Å². The molecular weight excluding hydrogens is 538 g/mol. The lowest BCUT2D eigenvalue weighted by atomic mass is 10.2. The SMILES string of the molecule is CCCN(CCC)S(=O)(=O)c1ccc(NC(=S)NC(=O)c2ccc(OCC(C)C)c(Br)c2)cc1. The molecule has 0 bridgehead atoms. The first kappa shape index (κ1) is 28.2. The standard InChI is InChI=1S/C24H32BrN3O4S2/c1-5-13-28(14-6-2)34(30,31)20-10-8-19(9-11-20)26-24(33)27-23(29)18-7-12-22(21(25)15-18)32-16-17(3)4/h7-12,15,17H,5-6,13-14,16H2,1-4H3,(H2,26,27,29,33). The number of benzene rings is 2. The van der Waals surface area contributed by atoms with E-state index in [9.17, 15) is 13.2 Å². The summed E-state index contributed by atoms with van der Waals surface area (Å²) in [5.41, 5.74) is 0.988. The van der Waals surface area contributed by atoms with Crippen molar-refractivity contribution in [3.8, 4) is 5.75 Å². The molecule has 7 nitrogen and oxygen atoms in total. The van der Waals surface area contributed by atoms with Crippen molar-refractivity contribution in [2.75, 3.05) is 25.0 Å². The van der Waals surface area contributed by atoms with Crippen molar-refractivity contribution in [1.29, 1.82) is 0 Å². The van der Waals surface area contributed by atoms with E-state index in [1.54, 1.807) is 30.3 Å². The van der Waals surface area contributed by atoms with Crippen LogP contribution in [0.5, 0.6) is 5.75 Å². The Bertz CT molecular complexity index is 1080. The van der Waals surface area contributed by atoms with Gasteiger partial charge >= 0.3 is 0 Å². The minimum Gasteiger partial charge on any atom is -0.492 e. The maximum absolute atomic E-state index is 12.9.